The molecule has 5 nitrogen and oxygen atoms in total. The quantitative estimate of drug-likeness (QED) is 0.850. The van der Waals surface area contributed by atoms with Crippen LogP contribution in [0, 0.1) is 13.8 Å². The van der Waals surface area contributed by atoms with Gasteiger partial charge < -0.3 is 9.52 Å². The van der Waals surface area contributed by atoms with E-state index in [4.69, 9.17) is 9.52 Å². The lowest BCUT2D eigenvalue weighted by molar-refractivity contribution is 0.0682. The van der Waals surface area contributed by atoms with E-state index < -0.39 is 5.97 Å². The van der Waals surface area contributed by atoms with Gasteiger partial charge in [0.2, 0.25) is 11.5 Å². The highest BCUT2D eigenvalue weighted by molar-refractivity contribution is 9.10. The summed E-state index contributed by atoms with van der Waals surface area (Å²) < 4.78 is 7.23. The van der Waals surface area contributed by atoms with Crippen LogP contribution in [-0.4, -0.2) is 20.5 Å². The standard InChI is InChI=1S/C8H7BrN2O3/c1-3-4(2)14-7-5(9)10-6(8(12)13)11(3)7/h1-2H3,(H,12,13). The van der Waals surface area contributed by atoms with Crippen molar-refractivity contribution in [3.63, 3.8) is 0 Å². The lowest BCUT2D eigenvalue weighted by atomic mass is 10.4. The summed E-state index contributed by atoms with van der Waals surface area (Å²) in [5.41, 5.74) is 1.17. The number of aryl methyl sites for hydroxylation is 2. The van der Waals surface area contributed by atoms with Gasteiger partial charge in [0.25, 0.3) is 0 Å². The molecular weight excluding hydrogens is 252 g/mol. The van der Waals surface area contributed by atoms with Gasteiger partial charge in [0.15, 0.2) is 4.60 Å². The van der Waals surface area contributed by atoms with Crippen LogP contribution < -0.4 is 0 Å². The summed E-state index contributed by atoms with van der Waals surface area (Å²) in [4.78, 5) is 14.7. The van der Waals surface area contributed by atoms with Gasteiger partial charge in [-0.15, -0.1) is 0 Å². The summed E-state index contributed by atoms with van der Waals surface area (Å²) in [5.74, 6) is -0.429. The van der Waals surface area contributed by atoms with Crippen molar-refractivity contribution in [1.82, 2.24) is 9.38 Å². The Kier molecular flexibility index (Phi) is 1.88. The second-order valence-corrected chi connectivity index (χ2v) is 3.67. The van der Waals surface area contributed by atoms with Crippen LogP contribution in [0.5, 0.6) is 0 Å². The number of nitrogens with zero attached hydrogens (tertiary/aromatic N) is 2. The highest BCUT2D eigenvalue weighted by atomic mass is 79.9. The number of hydrogen-bond acceptors (Lipinski definition) is 3. The summed E-state index contributed by atoms with van der Waals surface area (Å²) in [6.45, 7) is 3.56. The molecule has 0 aliphatic rings. The molecule has 0 radical (unpaired) electrons. The van der Waals surface area contributed by atoms with Crippen molar-refractivity contribution in [3.05, 3.63) is 21.9 Å². The first-order valence-corrected chi connectivity index (χ1v) is 4.69. The number of oxazole rings is 1. The van der Waals surface area contributed by atoms with E-state index in [1.165, 1.54) is 4.40 Å². The molecule has 0 saturated carbocycles. The molecule has 74 valence electrons. The molecule has 2 aromatic heterocycles. The van der Waals surface area contributed by atoms with Gasteiger partial charge in [0.1, 0.15) is 5.76 Å². The first kappa shape index (κ1) is 9.26. The SMILES string of the molecule is Cc1oc2c(Br)nc(C(=O)O)n2c1C. The molecule has 2 heterocycles. The molecule has 0 aliphatic heterocycles. The van der Waals surface area contributed by atoms with E-state index in [0.29, 0.717) is 16.1 Å². The normalized spacial score (nSPS) is 11.1. The van der Waals surface area contributed by atoms with Gasteiger partial charge in [-0.3, -0.25) is 4.40 Å². The van der Waals surface area contributed by atoms with Gasteiger partial charge in [-0.1, -0.05) is 0 Å². The summed E-state index contributed by atoms with van der Waals surface area (Å²) in [6.07, 6.45) is 0. The molecule has 14 heavy (non-hydrogen) atoms. The molecule has 6 heteroatoms. The molecule has 0 fully saturated rings. The fourth-order valence-corrected chi connectivity index (χ4v) is 1.72. The van der Waals surface area contributed by atoms with E-state index in [2.05, 4.69) is 20.9 Å². The number of rotatable bonds is 1. The molecule has 0 atom stereocenters. The predicted molar refractivity (Wildman–Crippen MR) is 51.6 cm³/mol. The first-order chi connectivity index (χ1) is 6.52. The Labute approximate surface area is 87.5 Å². The topological polar surface area (TPSA) is 67.7 Å². The number of halogens is 1. The van der Waals surface area contributed by atoms with Crippen molar-refractivity contribution in [2.24, 2.45) is 0 Å². The monoisotopic (exact) mass is 258 g/mol. The molecule has 0 aromatic carbocycles. The molecule has 1 N–H and O–H groups in total. The molecule has 0 aliphatic carbocycles. The number of carboxylic acid groups (broad SMARTS) is 1. The maximum atomic E-state index is 10.8. The van der Waals surface area contributed by atoms with E-state index in [0.717, 1.165) is 5.69 Å². The number of imidazole rings is 1. The number of carbonyl (C=O) groups is 1. The fourth-order valence-electron chi connectivity index (χ4n) is 1.30. The minimum absolute atomic E-state index is 0.0405. The van der Waals surface area contributed by atoms with Crippen molar-refractivity contribution in [2.45, 2.75) is 13.8 Å². The average molecular weight is 259 g/mol. The summed E-state index contributed by atoms with van der Waals surface area (Å²) >= 11 is 3.14. The highest BCUT2D eigenvalue weighted by Gasteiger charge is 2.20. The summed E-state index contributed by atoms with van der Waals surface area (Å²) in [6, 6.07) is 0. The average Bonchev–Trinajstić information content (AvgIpc) is 2.56. The Morgan fingerprint density at radius 2 is 2.21 bits per heavy atom. The molecule has 0 spiro atoms. The zero-order chi connectivity index (χ0) is 10.5. The van der Waals surface area contributed by atoms with Crippen LogP contribution in [0.3, 0.4) is 0 Å². The number of fused-ring (bicyclic) bond motifs is 1. The van der Waals surface area contributed by atoms with Crippen LogP contribution in [0.15, 0.2) is 9.02 Å². The summed E-state index contributed by atoms with van der Waals surface area (Å²) in [5, 5.41) is 8.88. The van der Waals surface area contributed by atoms with Gasteiger partial charge in [-0.05, 0) is 29.8 Å². The Morgan fingerprint density at radius 1 is 1.57 bits per heavy atom. The van der Waals surface area contributed by atoms with Gasteiger partial charge in [-0.25, -0.2) is 9.78 Å². The Morgan fingerprint density at radius 3 is 2.79 bits per heavy atom. The number of carboxylic acids is 1. The van der Waals surface area contributed by atoms with E-state index in [-0.39, 0.29) is 5.82 Å². The van der Waals surface area contributed by atoms with Crippen molar-refractivity contribution in [2.75, 3.05) is 0 Å². The molecule has 0 amide bonds. The van der Waals surface area contributed by atoms with Gasteiger partial charge in [0, 0.05) is 0 Å². The molecule has 0 bridgehead atoms. The Hall–Kier alpha value is -1.30. The van der Waals surface area contributed by atoms with Crippen molar-refractivity contribution in [1.29, 1.82) is 0 Å². The zero-order valence-corrected chi connectivity index (χ0v) is 9.12. The van der Waals surface area contributed by atoms with E-state index in [1.54, 1.807) is 13.8 Å². The molecule has 2 aromatic rings. The largest absolute Gasteiger partial charge is 0.475 e. The third kappa shape index (κ3) is 1.07. The minimum Gasteiger partial charge on any atom is -0.475 e. The predicted octanol–water partition coefficient (Wildman–Crippen LogP) is 2.00. The lowest BCUT2D eigenvalue weighted by Crippen LogP contribution is -2.04. The minimum atomic E-state index is -1.07. The maximum Gasteiger partial charge on any atom is 0.372 e. The van der Waals surface area contributed by atoms with Crippen LogP contribution in [0.1, 0.15) is 22.1 Å². The van der Waals surface area contributed by atoms with E-state index in [9.17, 15) is 4.79 Å². The second-order valence-electron chi connectivity index (χ2n) is 2.92. The second kappa shape index (κ2) is 2.84. The third-order valence-electron chi connectivity index (χ3n) is 2.08. The van der Waals surface area contributed by atoms with E-state index in [1.807, 2.05) is 0 Å². The van der Waals surface area contributed by atoms with Crippen LogP contribution >= 0.6 is 15.9 Å². The van der Waals surface area contributed by atoms with Crippen molar-refractivity contribution in [3.8, 4) is 0 Å². The number of aromatic nitrogens is 2. The van der Waals surface area contributed by atoms with Crippen molar-refractivity contribution < 1.29 is 14.3 Å². The molecule has 0 unspecified atom stereocenters. The van der Waals surface area contributed by atoms with Gasteiger partial charge >= 0.3 is 5.97 Å². The summed E-state index contributed by atoms with van der Waals surface area (Å²) in [7, 11) is 0. The Bertz CT molecular complexity index is 526. The lowest BCUT2D eigenvalue weighted by Gasteiger charge is -1.91. The van der Waals surface area contributed by atoms with E-state index >= 15 is 0 Å². The Balaban J connectivity index is 2.92. The van der Waals surface area contributed by atoms with Crippen molar-refractivity contribution >= 4 is 27.6 Å². The third-order valence-corrected chi connectivity index (χ3v) is 2.60. The fraction of sp³-hybridized carbons (Fsp3) is 0.250. The smallest absolute Gasteiger partial charge is 0.372 e. The molecule has 2 rings (SSSR count). The van der Waals surface area contributed by atoms with Crippen LogP contribution in [0.25, 0.3) is 5.71 Å². The number of aromatic carboxylic acids is 1. The maximum absolute atomic E-state index is 10.8. The van der Waals surface area contributed by atoms with Crippen LogP contribution in [-0.2, 0) is 0 Å². The van der Waals surface area contributed by atoms with Gasteiger partial charge in [-0.2, -0.15) is 0 Å². The molecule has 0 saturated heterocycles. The van der Waals surface area contributed by atoms with Crippen LogP contribution in [0.4, 0.5) is 0 Å². The first-order valence-electron chi connectivity index (χ1n) is 3.89. The van der Waals surface area contributed by atoms with Crippen LogP contribution in [0.2, 0.25) is 0 Å². The molecular formula is C8H7BrN2O3. The highest BCUT2D eigenvalue weighted by Crippen LogP contribution is 2.24. The van der Waals surface area contributed by atoms with Gasteiger partial charge in [0.05, 0.1) is 5.69 Å². The number of hydrogen-bond donors (Lipinski definition) is 1. The zero-order valence-electron chi connectivity index (χ0n) is 7.54.